The van der Waals surface area contributed by atoms with E-state index in [2.05, 4.69) is 5.32 Å². The normalized spacial score (nSPS) is 10.1. The summed E-state index contributed by atoms with van der Waals surface area (Å²) in [5, 5.41) is 22.9. The largest absolute Gasteiger partial charge is 0.508 e. The van der Waals surface area contributed by atoms with Crippen LogP contribution in [0.2, 0.25) is 0 Å². The molecule has 0 saturated carbocycles. The fraction of sp³-hybridized carbons (Fsp3) is 0.188. The number of benzene rings is 2. The molecule has 120 valence electrons. The molecule has 7 nitrogen and oxygen atoms in total. The summed E-state index contributed by atoms with van der Waals surface area (Å²) in [6.07, 6.45) is 0.588. The third-order valence-corrected chi connectivity index (χ3v) is 3.27. The fourth-order valence-electron chi connectivity index (χ4n) is 2.06. The van der Waals surface area contributed by atoms with Crippen molar-refractivity contribution < 1.29 is 19.6 Å². The maximum Gasteiger partial charge on any atom is 0.311 e. The predicted octanol–water partition coefficient (Wildman–Crippen LogP) is 2.28. The molecule has 0 radical (unpaired) electrons. The number of hydrogen-bond donors (Lipinski definition) is 2. The summed E-state index contributed by atoms with van der Waals surface area (Å²) < 4.78 is 4.90. The van der Waals surface area contributed by atoms with Crippen LogP contribution >= 0.6 is 0 Å². The molecule has 1 amide bonds. The number of nitrogens with one attached hydrogen (secondary N) is 1. The number of nitrogens with zero attached hydrogens (tertiary/aromatic N) is 1. The number of hydrogen-bond acceptors (Lipinski definition) is 5. The van der Waals surface area contributed by atoms with Gasteiger partial charge in [0.2, 0.25) is 0 Å². The van der Waals surface area contributed by atoms with Crippen LogP contribution in [0.1, 0.15) is 15.9 Å². The predicted molar refractivity (Wildman–Crippen MR) is 83.8 cm³/mol. The van der Waals surface area contributed by atoms with Gasteiger partial charge in [-0.25, -0.2) is 0 Å². The van der Waals surface area contributed by atoms with Gasteiger partial charge in [0.25, 0.3) is 5.91 Å². The van der Waals surface area contributed by atoms with Crippen molar-refractivity contribution in [2.45, 2.75) is 6.42 Å². The van der Waals surface area contributed by atoms with E-state index in [4.69, 9.17) is 4.74 Å². The summed E-state index contributed by atoms with van der Waals surface area (Å²) in [6.45, 7) is 0.378. The lowest BCUT2D eigenvalue weighted by Gasteiger charge is -2.07. The number of nitro benzene ring substituents is 1. The molecular weight excluding hydrogens is 300 g/mol. The lowest BCUT2D eigenvalue weighted by atomic mass is 10.1. The van der Waals surface area contributed by atoms with Gasteiger partial charge in [0, 0.05) is 18.2 Å². The molecule has 0 heterocycles. The number of amides is 1. The molecular formula is C16H16N2O5. The van der Waals surface area contributed by atoms with Gasteiger partial charge in [0.05, 0.1) is 12.0 Å². The second-order valence-electron chi connectivity index (χ2n) is 4.82. The minimum absolute atomic E-state index is 0.107. The molecule has 0 spiro atoms. The molecule has 0 aliphatic carbocycles. The van der Waals surface area contributed by atoms with E-state index in [1.54, 1.807) is 24.3 Å². The summed E-state index contributed by atoms with van der Waals surface area (Å²) in [7, 11) is 1.33. The zero-order valence-corrected chi connectivity index (χ0v) is 12.5. The van der Waals surface area contributed by atoms with Crippen LogP contribution in [0.15, 0.2) is 42.5 Å². The molecule has 2 aromatic carbocycles. The number of phenolic OH excluding ortho intramolecular Hbond substituents is 1. The van der Waals surface area contributed by atoms with Gasteiger partial charge in [-0.3, -0.25) is 14.9 Å². The van der Waals surface area contributed by atoms with Crippen LogP contribution in [-0.2, 0) is 6.42 Å². The van der Waals surface area contributed by atoms with E-state index in [1.165, 1.54) is 25.3 Å². The van der Waals surface area contributed by atoms with Crippen LogP contribution in [0.3, 0.4) is 0 Å². The van der Waals surface area contributed by atoms with Gasteiger partial charge in [0.1, 0.15) is 5.75 Å². The first kappa shape index (κ1) is 16.3. The minimum Gasteiger partial charge on any atom is -0.508 e. The Balaban J connectivity index is 1.99. The number of carbonyl (C=O) groups excluding carboxylic acids is 1. The number of aromatic hydroxyl groups is 1. The SMILES string of the molecule is COc1ccc(C(=O)NCCc2ccc(O)cc2)cc1[N+](=O)[O-]. The fourth-order valence-corrected chi connectivity index (χ4v) is 2.06. The highest BCUT2D eigenvalue weighted by molar-refractivity contribution is 5.95. The zero-order chi connectivity index (χ0) is 16.8. The molecule has 0 unspecified atom stereocenters. The number of nitro groups is 1. The molecule has 2 N–H and O–H groups in total. The van der Waals surface area contributed by atoms with Crippen molar-refractivity contribution in [2.24, 2.45) is 0 Å². The van der Waals surface area contributed by atoms with Crippen molar-refractivity contribution >= 4 is 11.6 Å². The van der Waals surface area contributed by atoms with Gasteiger partial charge < -0.3 is 15.2 Å². The van der Waals surface area contributed by atoms with E-state index < -0.39 is 10.8 Å². The van der Waals surface area contributed by atoms with Crippen LogP contribution < -0.4 is 10.1 Å². The Kier molecular flexibility index (Phi) is 5.14. The summed E-state index contributed by atoms with van der Waals surface area (Å²) >= 11 is 0. The van der Waals surface area contributed by atoms with E-state index in [9.17, 15) is 20.0 Å². The van der Waals surface area contributed by atoms with Crippen LogP contribution in [0.4, 0.5) is 5.69 Å². The van der Waals surface area contributed by atoms with E-state index in [1.807, 2.05) is 0 Å². The molecule has 7 heteroatoms. The van der Waals surface area contributed by atoms with E-state index in [-0.39, 0.29) is 22.7 Å². The van der Waals surface area contributed by atoms with Crippen LogP contribution in [0.5, 0.6) is 11.5 Å². The Morgan fingerprint density at radius 1 is 1.26 bits per heavy atom. The first-order valence-electron chi connectivity index (χ1n) is 6.90. The van der Waals surface area contributed by atoms with Gasteiger partial charge in [0.15, 0.2) is 5.75 Å². The topological polar surface area (TPSA) is 102 Å². The standard InChI is InChI=1S/C16H16N2O5/c1-23-15-7-4-12(10-14(15)18(21)22)16(20)17-9-8-11-2-5-13(19)6-3-11/h2-7,10,19H,8-9H2,1H3,(H,17,20). The van der Waals surface area contributed by atoms with Crippen molar-refractivity contribution in [1.82, 2.24) is 5.32 Å². The molecule has 0 aliphatic rings. The monoisotopic (exact) mass is 316 g/mol. The second-order valence-corrected chi connectivity index (χ2v) is 4.82. The van der Waals surface area contributed by atoms with Gasteiger partial charge >= 0.3 is 5.69 Å². The first-order chi connectivity index (χ1) is 11.0. The van der Waals surface area contributed by atoms with Crippen LogP contribution in [0, 0.1) is 10.1 Å². The van der Waals surface area contributed by atoms with Gasteiger partial charge in [-0.2, -0.15) is 0 Å². The summed E-state index contributed by atoms with van der Waals surface area (Å²) in [4.78, 5) is 22.4. The quantitative estimate of drug-likeness (QED) is 0.629. The van der Waals surface area contributed by atoms with Crippen molar-refractivity contribution in [2.75, 3.05) is 13.7 Å². The highest BCUT2D eigenvalue weighted by atomic mass is 16.6. The smallest absolute Gasteiger partial charge is 0.311 e. The second kappa shape index (κ2) is 7.26. The minimum atomic E-state index is -0.591. The maximum atomic E-state index is 12.0. The number of rotatable bonds is 6. The molecule has 0 aliphatic heterocycles. The molecule has 0 atom stereocenters. The molecule has 2 rings (SSSR count). The molecule has 0 aromatic heterocycles. The Morgan fingerprint density at radius 3 is 2.57 bits per heavy atom. The third kappa shape index (κ3) is 4.19. The van der Waals surface area contributed by atoms with Gasteiger partial charge in [-0.15, -0.1) is 0 Å². The number of methoxy groups -OCH3 is 1. The Morgan fingerprint density at radius 2 is 1.96 bits per heavy atom. The highest BCUT2D eigenvalue weighted by Gasteiger charge is 2.17. The average Bonchev–Trinajstić information content (AvgIpc) is 2.55. The van der Waals surface area contributed by atoms with Crippen LogP contribution in [-0.4, -0.2) is 29.6 Å². The summed E-state index contributed by atoms with van der Waals surface area (Å²) in [5.41, 5.74) is 0.908. The van der Waals surface area contributed by atoms with E-state index in [0.29, 0.717) is 13.0 Å². The lowest BCUT2D eigenvalue weighted by molar-refractivity contribution is -0.385. The molecule has 0 fully saturated rings. The highest BCUT2D eigenvalue weighted by Crippen LogP contribution is 2.27. The summed E-state index contributed by atoms with van der Waals surface area (Å²) in [6, 6.07) is 10.7. The molecule has 23 heavy (non-hydrogen) atoms. The van der Waals surface area contributed by atoms with Crippen LogP contribution in [0.25, 0.3) is 0 Å². The van der Waals surface area contributed by atoms with Gasteiger partial charge in [-0.05, 0) is 36.2 Å². The maximum absolute atomic E-state index is 12.0. The Bertz CT molecular complexity index is 713. The third-order valence-electron chi connectivity index (χ3n) is 3.27. The number of phenols is 1. The Hall–Kier alpha value is -3.09. The number of ether oxygens (including phenoxy) is 1. The summed E-state index contributed by atoms with van der Waals surface area (Å²) in [5.74, 6) is -0.103. The molecule has 2 aromatic rings. The number of carbonyl (C=O) groups is 1. The molecule has 0 bridgehead atoms. The molecule has 0 saturated heterocycles. The zero-order valence-electron chi connectivity index (χ0n) is 12.5. The van der Waals surface area contributed by atoms with Crippen molar-refractivity contribution in [3.05, 3.63) is 63.7 Å². The lowest BCUT2D eigenvalue weighted by Crippen LogP contribution is -2.25. The van der Waals surface area contributed by atoms with Crippen molar-refractivity contribution in [1.29, 1.82) is 0 Å². The van der Waals surface area contributed by atoms with Crippen molar-refractivity contribution in [3.8, 4) is 11.5 Å². The first-order valence-corrected chi connectivity index (χ1v) is 6.90. The van der Waals surface area contributed by atoms with E-state index in [0.717, 1.165) is 5.56 Å². The van der Waals surface area contributed by atoms with Gasteiger partial charge in [-0.1, -0.05) is 12.1 Å². The van der Waals surface area contributed by atoms with Crippen molar-refractivity contribution in [3.63, 3.8) is 0 Å². The Labute approximate surface area is 132 Å². The average molecular weight is 316 g/mol. The van der Waals surface area contributed by atoms with E-state index >= 15 is 0 Å².